The molecule has 0 aliphatic carbocycles. The summed E-state index contributed by atoms with van der Waals surface area (Å²) in [7, 11) is 0. The summed E-state index contributed by atoms with van der Waals surface area (Å²) in [6.07, 6.45) is -2.37. The van der Waals surface area contributed by atoms with E-state index in [1.165, 1.54) is 19.2 Å². The molecule has 25 heavy (non-hydrogen) atoms. The van der Waals surface area contributed by atoms with Crippen LogP contribution in [0.1, 0.15) is 27.9 Å². The number of halogens is 4. The van der Waals surface area contributed by atoms with Gasteiger partial charge in [0.2, 0.25) is 0 Å². The number of benzene rings is 1. The Kier molecular flexibility index (Phi) is 6.25. The molecule has 2 aromatic rings. The Morgan fingerprint density at radius 2 is 1.96 bits per heavy atom. The number of pyridine rings is 1. The first-order valence-electron chi connectivity index (χ1n) is 7.58. The Morgan fingerprint density at radius 1 is 1.20 bits per heavy atom. The number of nitrogens with one attached hydrogen (secondary N) is 2. The van der Waals surface area contributed by atoms with Crippen molar-refractivity contribution < 1.29 is 18.0 Å². The van der Waals surface area contributed by atoms with Crippen molar-refractivity contribution >= 4 is 23.3 Å². The van der Waals surface area contributed by atoms with Gasteiger partial charge in [0.1, 0.15) is 5.82 Å². The molecule has 2 rings (SSSR count). The van der Waals surface area contributed by atoms with Crippen LogP contribution in [0.4, 0.5) is 19.0 Å². The number of hydrogen-bond acceptors (Lipinski definition) is 3. The van der Waals surface area contributed by atoms with Gasteiger partial charge in [0.15, 0.2) is 0 Å². The fourth-order valence-corrected chi connectivity index (χ4v) is 2.28. The second-order valence-electron chi connectivity index (χ2n) is 5.48. The average molecular weight is 372 g/mol. The highest BCUT2D eigenvalue weighted by molar-refractivity contribution is 6.30. The summed E-state index contributed by atoms with van der Waals surface area (Å²) >= 11 is 5.73. The van der Waals surface area contributed by atoms with Crippen molar-refractivity contribution in [3.8, 4) is 0 Å². The van der Waals surface area contributed by atoms with E-state index < -0.39 is 17.6 Å². The van der Waals surface area contributed by atoms with Crippen molar-refractivity contribution in [2.75, 3.05) is 18.4 Å². The van der Waals surface area contributed by atoms with Gasteiger partial charge in [0.25, 0.3) is 5.91 Å². The number of amides is 1. The first kappa shape index (κ1) is 19.1. The summed E-state index contributed by atoms with van der Waals surface area (Å²) in [5, 5.41) is 6.20. The molecule has 4 nitrogen and oxygen atoms in total. The number of rotatable bonds is 6. The summed E-state index contributed by atoms with van der Waals surface area (Å²) in [4.78, 5) is 16.1. The predicted molar refractivity (Wildman–Crippen MR) is 90.9 cm³/mol. The fourth-order valence-electron chi connectivity index (χ4n) is 2.17. The zero-order valence-electron chi connectivity index (χ0n) is 13.5. The molecule has 0 atom stereocenters. The number of carbonyl (C=O) groups is 1. The first-order valence-corrected chi connectivity index (χ1v) is 7.96. The van der Waals surface area contributed by atoms with Gasteiger partial charge < -0.3 is 10.6 Å². The van der Waals surface area contributed by atoms with E-state index in [1.54, 1.807) is 12.1 Å². The quantitative estimate of drug-likeness (QED) is 0.745. The second-order valence-corrected chi connectivity index (χ2v) is 5.92. The highest BCUT2D eigenvalue weighted by Crippen LogP contribution is 2.30. The Morgan fingerprint density at radius 3 is 2.60 bits per heavy atom. The van der Waals surface area contributed by atoms with Gasteiger partial charge in [-0.25, -0.2) is 4.98 Å². The van der Waals surface area contributed by atoms with Gasteiger partial charge in [-0.3, -0.25) is 4.79 Å². The first-order chi connectivity index (χ1) is 11.8. The predicted octanol–water partition coefficient (Wildman–Crippen LogP) is 4.29. The highest BCUT2D eigenvalue weighted by atomic mass is 35.5. The molecule has 0 saturated heterocycles. The van der Waals surface area contributed by atoms with Crippen molar-refractivity contribution in [1.29, 1.82) is 0 Å². The van der Waals surface area contributed by atoms with E-state index in [9.17, 15) is 18.0 Å². The van der Waals surface area contributed by atoms with Crippen LogP contribution in [0.25, 0.3) is 0 Å². The Bertz CT molecular complexity index is 733. The van der Waals surface area contributed by atoms with Crippen LogP contribution in [0, 0.1) is 6.92 Å². The molecule has 0 saturated carbocycles. The molecule has 2 N–H and O–H groups in total. The van der Waals surface area contributed by atoms with Crippen molar-refractivity contribution in [2.24, 2.45) is 0 Å². The van der Waals surface area contributed by atoms with Crippen molar-refractivity contribution in [3.63, 3.8) is 0 Å². The van der Waals surface area contributed by atoms with Crippen LogP contribution in [-0.4, -0.2) is 24.0 Å². The molecule has 8 heteroatoms. The molecule has 1 aromatic heterocycles. The molecular formula is C17H17ClF3N3O. The monoisotopic (exact) mass is 371 g/mol. The zero-order chi connectivity index (χ0) is 18.4. The van der Waals surface area contributed by atoms with Gasteiger partial charge in [0.05, 0.1) is 10.6 Å². The lowest BCUT2D eigenvalue weighted by molar-refractivity contribution is -0.137. The molecule has 0 radical (unpaired) electrons. The summed E-state index contributed by atoms with van der Waals surface area (Å²) < 4.78 is 38.4. The van der Waals surface area contributed by atoms with Crippen LogP contribution in [0.5, 0.6) is 0 Å². The number of alkyl halides is 3. The molecular weight excluding hydrogens is 355 g/mol. The van der Waals surface area contributed by atoms with Gasteiger partial charge >= 0.3 is 6.18 Å². The Hall–Kier alpha value is -2.28. The number of aromatic nitrogens is 1. The summed E-state index contributed by atoms with van der Waals surface area (Å²) in [6.45, 7) is 2.40. The maximum Gasteiger partial charge on any atom is 0.416 e. The van der Waals surface area contributed by atoms with Crippen LogP contribution in [0.3, 0.4) is 0 Å². The number of carbonyl (C=O) groups excluding carboxylic acids is 1. The molecule has 0 spiro atoms. The fraction of sp³-hybridized carbons (Fsp3) is 0.294. The van der Waals surface area contributed by atoms with Crippen molar-refractivity contribution in [2.45, 2.75) is 19.5 Å². The van der Waals surface area contributed by atoms with E-state index in [4.69, 9.17) is 11.6 Å². The van der Waals surface area contributed by atoms with E-state index in [1.807, 2.05) is 0 Å². The smallest absolute Gasteiger partial charge is 0.370 e. The normalized spacial score (nSPS) is 11.2. The lowest BCUT2D eigenvalue weighted by Crippen LogP contribution is -2.26. The minimum atomic E-state index is -4.48. The number of nitrogens with zero attached hydrogens (tertiary/aromatic N) is 1. The average Bonchev–Trinajstić information content (AvgIpc) is 2.54. The molecule has 1 heterocycles. The zero-order valence-corrected chi connectivity index (χ0v) is 14.2. The van der Waals surface area contributed by atoms with E-state index in [2.05, 4.69) is 15.6 Å². The SMILES string of the molecule is Cc1cc(C(=O)NCCCNc2ccc(Cl)cn2)cc(C(F)(F)F)c1. The van der Waals surface area contributed by atoms with Crippen LogP contribution in [0.15, 0.2) is 36.5 Å². The van der Waals surface area contributed by atoms with Crippen LogP contribution in [-0.2, 0) is 6.18 Å². The molecule has 0 fully saturated rings. The lowest BCUT2D eigenvalue weighted by Gasteiger charge is -2.11. The van der Waals surface area contributed by atoms with Crippen LogP contribution >= 0.6 is 11.6 Å². The Balaban J connectivity index is 1.82. The van der Waals surface area contributed by atoms with E-state index in [-0.39, 0.29) is 5.56 Å². The molecule has 0 aliphatic heterocycles. The maximum atomic E-state index is 12.8. The topological polar surface area (TPSA) is 54.0 Å². The van der Waals surface area contributed by atoms with E-state index >= 15 is 0 Å². The van der Waals surface area contributed by atoms with Gasteiger partial charge in [0, 0.05) is 24.8 Å². The second kappa shape index (κ2) is 8.20. The highest BCUT2D eigenvalue weighted by Gasteiger charge is 2.31. The van der Waals surface area contributed by atoms with Crippen LogP contribution < -0.4 is 10.6 Å². The minimum Gasteiger partial charge on any atom is -0.370 e. The van der Waals surface area contributed by atoms with Crippen molar-refractivity contribution in [3.05, 3.63) is 58.2 Å². The van der Waals surface area contributed by atoms with Gasteiger partial charge in [-0.2, -0.15) is 13.2 Å². The van der Waals surface area contributed by atoms with E-state index in [0.29, 0.717) is 35.9 Å². The minimum absolute atomic E-state index is 0.000322. The summed E-state index contributed by atoms with van der Waals surface area (Å²) in [5.41, 5.74) is -0.441. The van der Waals surface area contributed by atoms with Gasteiger partial charge in [-0.15, -0.1) is 0 Å². The summed E-state index contributed by atoms with van der Waals surface area (Å²) in [5.74, 6) is 0.128. The van der Waals surface area contributed by atoms with Gasteiger partial charge in [-0.1, -0.05) is 11.6 Å². The standard InChI is InChI=1S/C17H17ClF3N3O/c1-11-7-12(9-13(8-11)17(19,20)21)16(25)23-6-2-5-22-15-4-3-14(18)10-24-15/h3-4,7-10H,2,5-6H2,1H3,(H,22,24)(H,23,25). The molecule has 0 unspecified atom stereocenters. The number of anilines is 1. The van der Waals surface area contributed by atoms with Crippen LogP contribution in [0.2, 0.25) is 5.02 Å². The molecule has 1 aromatic carbocycles. The summed E-state index contributed by atoms with van der Waals surface area (Å²) in [6, 6.07) is 6.74. The lowest BCUT2D eigenvalue weighted by atomic mass is 10.1. The Labute approximate surface area is 148 Å². The van der Waals surface area contributed by atoms with E-state index in [0.717, 1.165) is 12.1 Å². The molecule has 1 amide bonds. The third kappa shape index (κ3) is 5.94. The largest absolute Gasteiger partial charge is 0.416 e. The molecule has 0 aliphatic rings. The maximum absolute atomic E-state index is 12.8. The third-order valence-corrected chi connectivity index (χ3v) is 3.56. The van der Waals surface area contributed by atoms with Crippen molar-refractivity contribution in [1.82, 2.24) is 10.3 Å². The third-order valence-electron chi connectivity index (χ3n) is 3.34. The molecule has 134 valence electrons. The van der Waals surface area contributed by atoms with Gasteiger partial charge in [-0.05, 0) is 49.2 Å². The number of hydrogen-bond donors (Lipinski definition) is 2. The number of aryl methyl sites for hydroxylation is 1. The molecule has 0 bridgehead atoms.